The molecule has 0 saturated heterocycles. The molecular weight excluding hydrogens is 439 g/mol. The van der Waals surface area contributed by atoms with Crippen molar-refractivity contribution in [2.75, 3.05) is 0 Å². The molecule has 0 amide bonds. The zero-order chi connectivity index (χ0) is 11.6. The van der Waals surface area contributed by atoms with Crippen molar-refractivity contribution in [3.05, 3.63) is 19.0 Å². The maximum atomic E-state index is 12.1. The van der Waals surface area contributed by atoms with E-state index in [1.54, 1.807) is 22.6 Å². The highest BCUT2D eigenvalue weighted by Gasteiger charge is 2.33. The smallest absolute Gasteiger partial charge is 0.404 e. The molecule has 1 heterocycles. The molecule has 0 aliphatic carbocycles. The fourth-order valence-electron chi connectivity index (χ4n) is 0.856. The summed E-state index contributed by atoms with van der Waals surface area (Å²) in [5, 5.41) is 0. The topological polar surface area (TPSA) is 48.1 Å². The highest BCUT2D eigenvalue weighted by atomic mass is 127. The van der Waals surface area contributed by atoms with Crippen LogP contribution in [0.1, 0.15) is 5.56 Å². The number of halogens is 5. The van der Waals surface area contributed by atoms with Crippen LogP contribution in [-0.2, 0) is 6.54 Å². The van der Waals surface area contributed by atoms with E-state index >= 15 is 0 Å². The molecule has 0 atom stereocenters. The first kappa shape index (κ1) is 13.2. The predicted molar refractivity (Wildman–Crippen MR) is 64.2 cm³/mol. The van der Waals surface area contributed by atoms with E-state index in [4.69, 9.17) is 5.73 Å². The summed E-state index contributed by atoms with van der Waals surface area (Å²) in [7, 11) is 0. The highest BCUT2D eigenvalue weighted by Crippen LogP contribution is 2.32. The summed E-state index contributed by atoms with van der Waals surface area (Å²) in [6.45, 7) is -0.0503. The van der Waals surface area contributed by atoms with Crippen LogP contribution in [-0.4, -0.2) is 11.3 Å². The second-order valence-corrected chi connectivity index (χ2v) is 4.57. The summed E-state index contributed by atoms with van der Waals surface area (Å²) in [5.74, 6) is -0.259. The van der Waals surface area contributed by atoms with Crippen molar-refractivity contribution in [2.45, 2.75) is 12.9 Å². The second-order valence-electron chi connectivity index (χ2n) is 2.47. The molecule has 0 aliphatic rings. The minimum atomic E-state index is -4.71. The summed E-state index contributed by atoms with van der Waals surface area (Å²) in [6.07, 6.45) is -3.43. The van der Waals surface area contributed by atoms with E-state index in [9.17, 15) is 13.2 Å². The molecule has 0 saturated carbocycles. The molecule has 0 unspecified atom stereocenters. The first-order valence-electron chi connectivity index (χ1n) is 3.64. The Balaban J connectivity index is 3.18. The Kier molecular flexibility index (Phi) is 4.40. The van der Waals surface area contributed by atoms with E-state index in [0.29, 0.717) is 7.27 Å². The zero-order valence-corrected chi connectivity index (χ0v) is 11.4. The van der Waals surface area contributed by atoms with Crippen LogP contribution in [0.3, 0.4) is 0 Å². The summed E-state index contributed by atoms with van der Waals surface area (Å²) in [4.78, 5) is 3.89. The summed E-state index contributed by atoms with van der Waals surface area (Å²) >= 11 is 3.57. The standard InChI is InChI=1S/C7H5F3I2N2O/c8-7(9,10)15-5-3(1-13)2-14-6(12)4(5)11/h2H,1,13H2. The molecular formula is C7H5F3I2N2O. The van der Waals surface area contributed by atoms with Gasteiger partial charge < -0.3 is 10.5 Å². The molecule has 0 spiro atoms. The third-order valence-corrected chi connectivity index (χ3v) is 4.29. The van der Waals surface area contributed by atoms with Crippen LogP contribution in [0.2, 0.25) is 0 Å². The van der Waals surface area contributed by atoms with Crippen LogP contribution in [0.5, 0.6) is 5.75 Å². The van der Waals surface area contributed by atoms with Gasteiger partial charge in [-0.25, -0.2) is 4.98 Å². The molecule has 0 aliphatic heterocycles. The van der Waals surface area contributed by atoms with Gasteiger partial charge in [-0.15, -0.1) is 13.2 Å². The third-order valence-electron chi connectivity index (χ3n) is 1.44. The van der Waals surface area contributed by atoms with Crippen LogP contribution >= 0.6 is 45.2 Å². The van der Waals surface area contributed by atoms with Crippen molar-refractivity contribution in [3.63, 3.8) is 0 Å². The number of ether oxygens (including phenoxy) is 1. The monoisotopic (exact) mass is 444 g/mol. The summed E-state index contributed by atoms with van der Waals surface area (Å²) in [5.41, 5.74) is 5.53. The zero-order valence-electron chi connectivity index (χ0n) is 7.11. The maximum Gasteiger partial charge on any atom is 0.573 e. The van der Waals surface area contributed by atoms with Gasteiger partial charge >= 0.3 is 6.36 Å². The lowest BCUT2D eigenvalue weighted by Gasteiger charge is -2.14. The Bertz CT molecular complexity index is 370. The summed E-state index contributed by atoms with van der Waals surface area (Å²) < 4.78 is 40.9. The van der Waals surface area contributed by atoms with Crippen LogP contribution < -0.4 is 10.5 Å². The van der Waals surface area contributed by atoms with Crippen LogP contribution in [0.4, 0.5) is 13.2 Å². The van der Waals surface area contributed by atoms with Gasteiger partial charge in [-0.1, -0.05) is 0 Å². The van der Waals surface area contributed by atoms with E-state index in [1.165, 1.54) is 6.20 Å². The molecule has 3 nitrogen and oxygen atoms in total. The van der Waals surface area contributed by atoms with E-state index in [2.05, 4.69) is 9.72 Å². The molecule has 2 N–H and O–H groups in total. The molecule has 1 rings (SSSR count). The van der Waals surface area contributed by atoms with Crippen LogP contribution in [0, 0.1) is 7.27 Å². The minimum absolute atomic E-state index is 0.0503. The molecule has 0 aromatic carbocycles. The van der Waals surface area contributed by atoms with E-state index in [-0.39, 0.29) is 17.9 Å². The number of hydrogen-bond acceptors (Lipinski definition) is 3. The lowest BCUT2D eigenvalue weighted by atomic mass is 10.2. The second kappa shape index (κ2) is 4.99. The number of hydrogen-bond donors (Lipinski definition) is 1. The molecule has 0 fully saturated rings. The first-order valence-corrected chi connectivity index (χ1v) is 5.79. The third kappa shape index (κ3) is 3.59. The van der Waals surface area contributed by atoms with Gasteiger partial charge in [-0.2, -0.15) is 0 Å². The van der Waals surface area contributed by atoms with Gasteiger partial charge in [0.2, 0.25) is 0 Å². The lowest BCUT2D eigenvalue weighted by molar-refractivity contribution is -0.275. The Morgan fingerprint density at radius 2 is 2.00 bits per heavy atom. The van der Waals surface area contributed by atoms with Crippen molar-refractivity contribution < 1.29 is 17.9 Å². The predicted octanol–water partition coefficient (Wildman–Crippen LogP) is 2.65. The average Bonchev–Trinajstić information content (AvgIpc) is 2.11. The van der Waals surface area contributed by atoms with Gasteiger partial charge in [-0.3, -0.25) is 0 Å². The van der Waals surface area contributed by atoms with E-state index in [1.807, 2.05) is 22.6 Å². The number of nitrogens with two attached hydrogens (primary N) is 1. The largest absolute Gasteiger partial charge is 0.573 e. The number of aromatic nitrogens is 1. The number of nitrogens with zero attached hydrogens (tertiary/aromatic N) is 1. The van der Waals surface area contributed by atoms with E-state index < -0.39 is 6.36 Å². The molecule has 84 valence electrons. The Hall–Kier alpha value is 0.160. The van der Waals surface area contributed by atoms with Gasteiger partial charge in [0.25, 0.3) is 0 Å². The van der Waals surface area contributed by atoms with Crippen molar-refractivity contribution in [1.82, 2.24) is 4.98 Å². The molecule has 8 heteroatoms. The molecule has 1 aromatic heterocycles. The average molecular weight is 444 g/mol. The van der Waals surface area contributed by atoms with Crippen molar-refractivity contribution in [3.8, 4) is 5.75 Å². The molecule has 0 bridgehead atoms. The fourth-order valence-corrected chi connectivity index (χ4v) is 1.84. The minimum Gasteiger partial charge on any atom is -0.404 e. The van der Waals surface area contributed by atoms with E-state index in [0.717, 1.165) is 0 Å². The maximum absolute atomic E-state index is 12.1. The van der Waals surface area contributed by atoms with Crippen LogP contribution in [0.15, 0.2) is 6.20 Å². The number of alkyl halides is 3. The summed E-state index contributed by atoms with van der Waals surface area (Å²) in [6, 6.07) is 0. The van der Waals surface area contributed by atoms with Crippen molar-refractivity contribution >= 4 is 45.2 Å². The van der Waals surface area contributed by atoms with Gasteiger partial charge in [0.15, 0.2) is 5.75 Å². The van der Waals surface area contributed by atoms with Crippen molar-refractivity contribution in [2.24, 2.45) is 5.73 Å². The Morgan fingerprint density at radius 1 is 1.40 bits per heavy atom. The first-order chi connectivity index (χ1) is 6.85. The lowest BCUT2D eigenvalue weighted by Crippen LogP contribution is -2.20. The Morgan fingerprint density at radius 3 is 2.47 bits per heavy atom. The van der Waals surface area contributed by atoms with Gasteiger partial charge in [0.05, 0.1) is 3.57 Å². The normalized spacial score (nSPS) is 11.6. The van der Waals surface area contributed by atoms with Gasteiger partial charge in [0.1, 0.15) is 3.70 Å². The van der Waals surface area contributed by atoms with Crippen molar-refractivity contribution in [1.29, 1.82) is 0 Å². The quantitative estimate of drug-likeness (QED) is 0.564. The molecule has 1 aromatic rings. The Labute approximate surface area is 111 Å². The molecule has 15 heavy (non-hydrogen) atoms. The number of rotatable bonds is 2. The SMILES string of the molecule is NCc1cnc(I)c(I)c1OC(F)(F)F. The highest BCUT2D eigenvalue weighted by molar-refractivity contribution is 14.1. The van der Waals surface area contributed by atoms with Gasteiger partial charge in [0, 0.05) is 18.3 Å². The molecule has 0 radical (unpaired) electrons. The van der Waals surface area contributed by atoms with Crippen LogP contribution in [0.25, 0.3) is 0 Å². The number of pyridine rings is 1. The fraction of sp³-hybridized carbons (Fsp3) is 0.286. The van der Waals surface area contributed by atoms with Gasteiger partial charge in [-0.05, 0) is 45.2 Å².